The normalized spacial score (nSPS) is 10.2. The van der Waals surface area contributed by atoms with E-state index in [0.717, 1.165) is 5.56 Å². The summed E-state index contributed by atoms with van der Waals surface area (Å²) in [5.74, 6) is -0.689. The number of nitrogens with one attached hydrogen (secondary N) is 2. The van der Waals surface area contributed by atoms with E-state index in [-0.39, 0.29) is 11.6 Å². The lowest BCUT2D eigenvalue weighted by Gasteiger charge is -2.09. The monoisotopic (exact) mass is 354 g/mol. The molecule has 0 heterocycles. The Balaban J connectivity index is 1.82. The molecule has 0 fully saturated rings. The van der Waals surface area contributed by atoms with Crippen LogP contribution in [0.3, 0.4) is 0 Å². The van der Waals surface area contributed by atoms with E-state index in [2.05, 4.69) is 26.6 Å². The van der Waals surface area contributed by atoms with Crippen molar-refractivity contribution >= 4 is 27.6 Å². The van der Waals surface area contributed by atoms with Crippen LogP contribution >= 0.6 is 15.9 Å². The topological polar surface area (TPSA) is 41.1 Å². The van der Waals surface area contributed by atoms with E-state index in [9.17, 15) is 13.6 Å². The highest BCUT2D eigenvalue weighted by Gasteiger charge is 2.06. The van der Waals surface area contributed by atoms with Crippen LogP contribution in [0.5, 0.6) is 0 Å². The third-order valence-corrected chi connectivity index (χ3v) is 3.42. The maximum atomic E-state index is 13.0. The zero-order valence-corrected chi connectivity index (χ0v) is 12.6. The highest BCUT2D eigenvalue weighted by Crippen LogP contribution is 2.22. The third kappa shape index (κ3) is 4.82. The number of carbonyl (C=O) groups is 1. The van der Waals surface area contributed by atoms with E-state index < -0.39 is 6.03 Å². The second-order valence-electron chi connectivity index (χ2n) is 4.38. The number of rotatable bonds is 4. The van der Waals surface area contributed by atoms with E-state index in [1.807, 2.05) is 0 Å². The van der Waals surface area contributed by atoms with Gasteiger partial charge in [0.1, 0.15) is 11.6 Å². The van der Waals surface area contributed by atoms with Crippen LogP contribution < -0.4 is 10.6 Å². The molecule has 0 bridgehead atoms. The molecule has 0 radical (unpaired) electrons. The highest BCUT2D eigenvalue weighted by molar-refractivity contribution is 9.10. The zero-order chi connectivity index (χ0) is 15.2. The summed E-state index contributed by atoms with van der Waals surface area (Å²) in [6.45, 7) is 0.369. The number of halogens is 3. The molecule has 2 aromatic carbocycles. The van der Waals surface area contributed by atoms with Gasteiger partial charge >= 0.3 is 6.03 Å². The van der Waals surface area contributed by atoms with Gasteiger partial charge in [0.25, 0.3) is 0 Å². The van der Waals surface area contributed by atoms with Crippen molar-refractivity contribution < 1.29 is 13.6 Å². The summed E-state index contributed by atoms with van der Waals surface area (Å²) in [5, 5.41) is 5.25. The second-order valence-corrected chi connectivity index (χ2v) is 5.24. The van der Waals surface area contributed by atoms with Gasteiger partial charge < -0.3 is 10.6 Å². The molecule has 0 unspecified atom stereocenters. The summed E-state index contributed by atoms with van der Waals surface area (Å²) >= 11 is 3.16. The average molecular weight is 355 g/mol. The van der Waals surface area contributed by atoms with Gasteiger partial charge in [-0.1, -0.05) is 12.1 Å². The van der Waals surface area contributed by atoms with Gasteiger partial charge in [-0.3, -0.25) is 0 Å². The molecule has 2 amide bonds. The lowest BCUT2D eigenvalue weighted by molar-refractivity contribution is 0.252. The molecule has 2 rings (SSSR count). The number of hydrogen-bond acceptors (Lipinski definition) is 1. The predicted octanol–water partition coefficient (Wildman–Crippen LogP) is 4.09. The third-order valence-electron chi connectivity index (χ3n) is 2.77. The minimum atomic E-state index is -0.404. The van der Waals surface area contributed by atoms with Crippen molar-refractivity contribution in [1.82, 2.24) is 5.32 Å². The van der Waals surface area contributed by atoms with Gasteiger partial charge in [0.15, 0.2) is 0 Å². The number of carbonyl (C=O) groups excluding carboxylic acids is 1. The van der Waals surface area contributed by atoms with Gasteiger partial charge in [0, 0.05) is 11.0 Å². The van der Waals surface area contributed by atoms with Crippen molar-refractivity contribution in [1.29, 1.82) is 0 Å². The van der Waals surface area contributed by atoms with Crippen LogP contribution in [0, 0.1) is 11.6 Å². The molecule has 6 heteroatoms. The SMILES string of the molecule is O=C(NCCc1cccc(F)c1)Nc1ccc(F)cc1Br. The van der Waals surface area contributed by atoms with E-state index >= 15 is 0 Å². The zero-order valence-electron chi connectivity index (χ0n) is 11.0. The van der Waals surface area contributed by atoms with Crippen LogP contribution in [0.2, 0.25) is 0 Å². The molecule has 0 atom stereocenters. The molecule has 0 aliphatic carbocycles. The molecule has 0 spiro atoms. The Hall–Kier alpha value is -1.95. The quantitative estimate of drug-likeness (QED) is 0.852. The Labute approximate surface area is 129 Å². The maximum absolute atomic E-state index is 13.0. The van der Waals surface area contributed by atoms with Crippen LogP contribution in [0.4, 0.5) is 19.3 Å². The number of anilines is 1. The predicted molar refractivity (Wildman–Crippen MR) is 81.2 cm³/mol. The molecule has 0 aliphatic heterocycles. The van der Waals surface area contributed by atoms with Gasteiger partial charge in [0.05, 0.1) is 5.69 Å². The first kappa shape index (κ1) is 15.4. The van der Waals surface area contributed by atoms with Gasteiger partial charge in [0.2, 0.25) is 0 Å². The number of urea groups is 1. The Bertz CT molecular complexity index is 649. The molecule has 0 saturated heterocycles. The lowest BCUT2D eigenvalue weighted by atomic mass is 10.1. The fraction of sp³-hybridized carbons (Fsp3) is 0.133. The Morgan fingerprint density at radius 1 is 1.10 bits per heavy atom. The van der Waals surface area contributed by atoms with Crippen LogP contribution in [0.25, 0.3) is 0 Å². The van der Waals surface area contributed by atoms with Gasteiger partial charge in [-0.25, -0.2) is 13.6 Å². The fourth-order valence-electron chi connectivity index (χ4n) is 1.77. The Kier molecular flexibility index (Phi) is 5.27. The van der Waals surface area contributed by atoms with E-state index in [1.165, 1.54) is 30.3 Å². The fourth-order valence-corrected chi connectivity index (χ4v) is 2.22. The first-order valence-corrected chi connectivity index (χ1v) is 7.08. The molecule has 0 saturated carbocycles. The summed E-state index contributed by atoms with van der Waals surface area (Å²) in [4.78, 5) is 11.7. The van der Waals surface area contributed by atoms with Crippen molar-refractivity contribution in [2.45, 2.75) is 6.42 Å². The van der Waals surface area contributed by atoms with Gasteiger partial charge in [-0.15, -0.1) is 0 Å². The standard InChI is InChI=1S/C15H13BrF2N2O/c16-13-9-12(18)4-5-14(13)20-15(21)19-7-6-10-2-1-3-11(17)8-10/h1-5,8-9H,6-7H2,(H2,19,20,21). The molecule has 3 nitrogen and oxygen atoms in total. The highest BCUT2D eigenvalue weighted by atomic mass is 79.9. The van der Waals surface area contributed by atoms with Crippen molar-refractivity contribution in [2.75, 3.05) is 11.9 Å². The molecule has 0 aliphatic rings. The maximum Gasteiger partial charge on any atom is 0.319 e. The largest absolute Gasteiger partial charge is 0.338 e. The minimum Gasteiger partial charge on any atom is -0.338 e. The molecular weight excluding hydrogens is 342 g/mol. The first-order chi connectivity index (χ1) is 10.0. The number of amides is 2. The molecule has 110 valence electrons. The van der Waals surface area contributed by atoms with Crippen LogP contribution in [0.15, 0.2) is 46.9 Å². The Morgan fingerprint density at radius 2 is 1.86 bits per heavy atom. The molecule has 2 N–H and O–H groups in total. The average Bonchev–Trinajstić information content (AvgIpc) is 2.42. The molecule has 21 heavy (non-hydrogen) atoms. The van der Waals surface area contributed by atoms with Gasteiger partial charge in [-0.2, -0.15) is 0 Å². The van der Waals surface area contributed by atoms with Crippen molar-refractivity contribution in [3.05, 3.63) is 64.1 Å². The van der Waals surface area contributed by atoms with Crippen molar-refractivity contribution in [2.24, 2.45) is 0 Å². The minimum absolute atomic E-state index is 0.299. The van der Waals surface area contributed by atoms with Crippen LogP contribution in [-0.2, 0) is 6.42 Å². The summed E-state index contributed by atoms with van der Waals surface area (Å²) < 4.78 is 26.4. The summed E-state index contributed by atoms with van der Waals surface area (Å²) in [6, 6.07) is 9.80. The lowest BCUT2D eigenvalue weighted by Crippen LogP contribution is -2.30. The number of hydrogen-bond donors (Lipinski definition) is 2. The summed E-state index contributed by atoms with van der Waals surface area (Å²) in [7, 11) is 0. The molecular formula is C15H13BrF2N2O. The molecule has 2 aromatic rings. The van der Waals surface area contributed by atoms with Crippen LogP contribution in [0.1, 0.15) is 5.56 Å². The smallest absolute Gasteiger partial charge is 0.319 e. The molecule has 0 aromatic heterocycles. The van der Waals surface area contributed by atoms with Gasteiger partial charge in [-0.05, 0) is 58.2 Å². The van der Waals surface area contributed by atoms with Crippen LogP contribution in [-0.4, -0.2) is 12.6 Å². The van der Waals surface area contributed by atoms with E-state index in [4.69, 9.17) is 0 Å². The van der Waals surface area contributed by atoms with Crippen molar-refractivity contribution in [3.63, 3.8) is 0 Å². The van der Waals surface area contributed by atoms with E-state index in [1.54, 1.807) is 12.1 Å². The van der Waals surface area contributed by atoms with Crippen molar-refractivity contribution in [3.8, 4) is 0 Å². The van der Waals surface area contributed by atoms with E-state index in [0.29, 0.717) is 23.1 Å². The second kappa shape index (κ2) is 7.17. The summed E-state index contributed by atoms with van der Waals surface area (Å²) in [5.41, 5.74) is 1.28. The Morgan fingerprint density at radius 3 is 2.57 bits per heavy atom. The number of benzene rings is 2. The summed E-state index contributed by atoms with van der Waals surface area (Å²) in [6.07, 6.45) is 0.524. The first-order valence-electron chi connectivity index (χ1n) is 6.29.